The van der Waals surface area contributed by atoms with Gasteiger partial charge in [-0.15, -0.1) is 0 Å². The van der Waals surface area contributed by atoms with Crippen LogP contribution in [0.15, 0.2) is 42.6 Å². The fourth-order valence-corrected chi connectivity index (χ4v) is 7.22. The second kappa shape index (κ2) is 8.28. The van der Waals surface area contributed by atoms with Crippen molar-refractivity contribution in [1.29, 1.82) is 5.26 Å². The zero-order chi connectivity index (χ0) is 23.3. The van der Waals surface area contributed by atoms with Gasteiger partial charge in [0.2, 0.25) is 0 Å². The molecular weight excluding hydrogens is 426 g/mol. The van der Waals surface area contributed by atoms with Gasteiger partial charge in [-0.3, -0.25) is 4.79 Å². The first-order valence-electron chi connectivity index (χ1n) is 12.5. The van der Waals surface area contributed by atoms with Crippen molar-refractivity contribution in [3.63, 3.8) is 0 Å². The van der Waals surface area contributed by atoms with E-state index in [0.717, 1.165) is 69.7 Å². The monoisotopic (exact) mass is 457 g/mol. The summed E-state index contributed by atoms with van der Waals surface area (Å²) in [6, 6.07) is 13.9. The lowest BCUT2D eigenvalue weighted by atomic mass is 9.52. The number of rotatable bonds is 4. The fourth-order valence-electron chi connectivity index (χ4n) is 7.22. The molecule has 0 radical (unpaired) electrons. The average Bonchev–Trinajstić information content (AvgIpc) is 2.85. The van der Waals surface area contributed by atoms with E-state index >= 15 is 0 Å². The Hall–Kier alpha value is -3.11. The summed E-state index contributed by atoms with van der Waals surface area (Å²) >= 11 is 0. The van der Waals surface area contributed by atoms with Crippen molar-refractivity contribution in [2.75, 3.05) is 36.0 Å². The number of carbonyl (C=O) groups excluding carboxylic acids is 1. The highest BCUT2D eigenvalue weighted by molar-refractivity contribution is 5.98. The molecule has 34 heavy (non-hydrogen) atoms. The van der Waals surface area contributed by atoms with Crippen LogP contribution in [0.2, 0.25) is 0 Å². The Balaban J connectivity index is 1.14. The van der Waals surface area contributed by atoms with Crippen LogP contribution in [0.4, 0.5) is 11.4 Å². The molecule has 4 saturated carbocycles. The first-order chi connectivity index (χ1) is 16.5. The predicted molar refractivity (Wildman–Crippen MR) is 130 cm³/mol. The lowest BCUT2D eigenvalue weighted by Gasteiger charge is -2.58. The van der Waals surface area contributed by atoms with E-state index in [9.17, 15) is 9.90 Å². The molecule has 7 rings (SSSR count). The number of piperazine rings is 1. The summed E-state index contributed by atoms with van der Waals surface area (Å²) in [5, 5.41) is 23.2. The second-order valence-electron chi connectivity index (χ2n) is 10.7. The molecule has 2 unspecified atom stereocenters. The lowest BCUT2D eigenvalue weighted by molar-refractivity contribution is -0.136. The molecular formula is C27H31N5O2. The number of nitriles is 1. The minimum absolute atomic E-state index is 0.0883. The van der Waals surface area contributed by atoms with E-state index in [1.807, 2.05) is 36.4 Å². The zero-order valence-electron chi connectivity index (χ0n) is 19.4. The van der Waals surface area contributed by atoms with Crippen LogP contribution in [0.1, 0.15) is 48.2 Å². The summed E-state index contributed by atoms with van der Waals surface area (Å²) in [6.07, 6.45) is 6.52. The number of hydrogen-bond acceptors (Lipinski definition) is 6. The summed E-state index contributed by atoms with van der Waals surface area (Å²) in [5.74, 6) is 1.29. The quantitative estimate of drug-likeness (QED) is 0.733. The molecule has 1 aromatic heterocycles. The standard InChI is InChI=1S/C27H31N5O2/c28-17-18-3-5-22(6-4-18)31-8-10-32(11-9-31)23-2-1-7-29-25(23)26(33)30-24-20-12-19-13-21(24)16-27(34,14-19)15-20/h1-7,19-21,24,34H,8-16H2,(H,30,33). The van der Waals surface area contributed by atoms with Gasteiger partial charge in [0.15, 0.2) is 5.69 Å². The minimum Gasteiger partial charge on any atom is -0.390 e. The largest absolute Gasteiger partial charge is 0.390 e. The number of nitrogens with zero attached hydrogens (tertiary/aromatic N) is 4. The highest BCUT2D eigenvalue weighted by Crippen LogP contribution is 2.55. The maximum Gasteiger partial charge on any atom is 0.272 e. The summed E-state index contributed by atoms with van der Waals surface area (Å²) in [7, 11) is 0. The van der Waals surface area contributed by atoms with Crippen molar-refractivity contribution in [1.82, 2.24) is 10.3 Å². The van der Waals surface area contributed by atoms with Gasteiger partial charge in [0.1, 0.15) is 0 Å². The zero-order valence-corrected chi connectivity index (χ0v) is 19.4. The molecule has 1 amide bonds. The number of hydrogen-bond donors (Lipinski definition) is 2. The Bertz CT molecular complexity index is 1100. The third-order valence-corrected chi connectivity index (χ3v) is 8.52. The van der Waals surface area contributed by atoms with Gasteiger partial charge in [-0.25, -0.2) is 4.98 Å². The van der Waals surface area contributed by atoms with E-state index in [2.05, 4.69) is 26.2 Å². The molecule has 5 aliphatic rings. The highest BCUT2D eigenvalue weighted by Gasteiger charge is 2.55. The van der Waals surface area contributed by atoms with Crippen molar-refractivity contribution in [3.8, 4) is 6.07 Å². The van der Waals surface area contributed by atoms with Crippen LogP contribution in [0, 0.1) is 29.1 Å². The Morgan fingerprint density at radius 1 is 1.03 bits per heavy atom. The summed E-state index contributed by atoms with van der Waals surface area (Å²) in [5.41, 5.74) is 2.68. The number of pyridine rings is 1. The molecule has 0 spiro atoms. The molecule has 7 nitrogen and oxygen atoms in total. The molecule has 4 aliphatic carbocycles. The van der Waals surface area contributed by atoms with E-state index < -0.39 is 5.60 Å². The number of benzene rings is 1. The van der Waals surface area contributed by atoms with Gasteiger partial charge >= 0.3 is 0 Å². The second-order valence-corrected chi connectivity index (χ2v) is 10.7. The number of nitrogens with one attached hydrogen (secondary N) is 1. The number of carbonyl (C=O) groups is 1. The van der Waals surface area contributed by atoms with E-state index in [1.54, 1.807) is 6.20 Å². The van der Waals surface area contributed by atoms with E-state index in [0.29, 0.717) is 29.0 Å². The van der Waals surface area contributed by atoms with Crippen LogP contribution in [0.25, 0.3) is 0 Å². The number of aliphatic hydroxyl groups is 1. The molecule has 4 bridgehead atoms. The topological polar surface area (TPSA) is 92.5 Å². The Kier molecular flexibility index (Phi) is 5.22. The Labute approximate surface area is 200 Å². The maximum atomic E-state index is 13.4. The molecule has 2 aromatic rings. The summed E-state index contributed by atoms with van der Waals surface area (Å²) in [4.78, 5) is 22.5. The third kappa shape index (κ3) is 3.80. The fraction of sp³-hybridized carbons (Fsp3) is 0.519. The molecule has 5 fully saturated rings. The predicted octanol–water partition coefficient (Wildman–Crippen LogP) is 2.95. The van der Waals surface area contributed by atoms with E-state index in [1.165, 1.54) is 0 Å². The molecule has 2 atom stereocenters. The summed E-state index contributed by atoms with van der Waals surface area (Å²) in [6.45, 7) is 3.29. The number of aromatic nitrogens is 1. The van der Waals surface area contributed by atoms with Gasteiger partial charge in [-0.1, -0.05) is 0 Å². The van der Waals surface area contributed by atoms with Crippen molar-refractivity contribution in [2.45, 2.75) is 43.7 Å². The van der Waals surface area contributed by atoms with Gasteiger partial charge < -0.3 is 20.2 Å². The maximum absolute atomic E-state index is 13.4. The molecule has 1 aromatic carbocycles. The normalized spacial score (nSPS) is 31.9. The van der Waals surface area contributed by atoms with Gasteiger partial charge in [-0.05, 0) is 86.3 Å². The first kappa shape index (κ1) is 21.4. The van der Waals surface area contributed by atoms with Gasteiger partial charge in [-0.2, -0.15) is 5.26 Å². The molecule has 2 heterocycles. The van der Waals surface area contributed by atoms with E-state index in [4.69, 9.17) is 5.26 Å². The number of anilines is 2. The van der Waals surface area contributed by atoms with Gasteiger partial charge in [0.25, 0.3) is 5.91 Å². The van der Waals surface area contributed by atoms with Gasteiger partial charge in [0, 0.05) is 44.1 Å². The molecule has 7 heteroatoms. The van der Waals surface area contributed by atoms with Crippen LogP contribution < -0.4 is 15.1 Å². The SMILES string of the molecule is N#Cc1ccc(N2CCN(c3cccnc3C(=O)NC3C4CC5CC3CC(O)(C5)C4)CC2)cc1. The van der Waals surface area contributed by atoms with Crippen LogP contribution in [0.3, 0.4) is 0 Å². The van der Waals surface area contributed by atoms with Crippen molar-refractivity contribution >= 4 is 17.3 Å². The first-order valence-corrected chi connectivity index (χ1v) is 12.5. The van der Waals surface area contributed by atoms with Crippen LogP contribution >= 0.6 is 0 Å². The highest BCUT2D eigenvalue weighted by atomic mass is 16.3. The molecule has 1 aliphatic heterocycles. The van der Waals surface area contributed by atoms with E-state index in [-0.39, 0.29) is 11.9 Å². The van der Waals surface area contributed by atoms with Crippen molar-refractivity contribution in [3.05, 3.63) is 53.9 Å². The van der Waals surface area contributed by atoms with Crippen LogP contribution in [-0.2, 0) is 0 Å². The Morgan fingerprint density at radius 3 is 2.35 bits per heavy atom. The number of amides is 1. The third-order valence-electron chi connectivity index (χ3n) is 8.52. The minimum atomic E-state index is -0.498. The van der Waals surface area contributed by atoms with Crippen molar-refractivity contribution < 1.29 is 9.90 Å². The van der Waals surface area contributed by atoms with Gasteiger partial charge in [0.05, 0.1) is 22.9 Å². The van der Waals surface area contributed by atoms with Crippen molar-refractivity contribution in [2.24, 2.45) is 17.8 Å². The Morgan fingerprint density at radius 2 is 1.71 bits per heavy atom. The summed E-state index contributed by atoms with van der Waals surface area (Å²) < 4.78 is 0. The molecule has 1 saturated heterocycles. The molecule has 176 valence electrons. The van der Waals surface area contributed by atoms with Crippen LogP contribution in [-0.4, -0.2) is 53.8 Å². The smallest absolute Gasteiger partial charge is 0.272 e. The lowest BCUT2D eigenvalue weighted by Crippen LogP contribution is -2.61. The average molecular weight is 458 g/mol. The van der Waals surface area contributed by atoms with Crippen LogP contribution in [0.5, 0.6) is 0 Å². The molecule has 2 N–H and O–H groups in total.